The van der Waals surface area contributed by atoms with Crippen LogP contribution in [0.4, 0.5) is 13.2 Å². The topological polar surface area (TPSA) is 63.4 Å². The molecule has 1 saturated heterocycles. The Labute approximate surface area is 163 Å². The van der Waals surface area contributed by atoms with Crippen LogP contribution in [0.15, 0.2) is 23.0 Å². The quantitative estimate of drug-likeness (QED) is 0.660. The van der Waals surface area contributed by atoms with Crippen molar-refractivity contribution < 1.29 is 18.0 Å². The van der Waals surface area contributed by atoms with Gasteiger partial charge in [0.2, 0.25) is 0 Å². The van der Waals surface area contributed by atoms with Crippen LogP contribution in [0.2, 0.25) is 0 Å². The average Bonchev–Trinajstić information content (AvgIpc) is 3.35. The minimum Gasteiger partial charge on any atom is -0.337 e. The van der Waals surface area contributed by atoms with Crippen LogP contribution in [0.5, 0.6) is 0 Å². The molecule has 0 atom stereocenters. The summed E-state index contributed by atoms with van der Waals surface area (Å²) < 4.78 is 41.2. The molecule has 0 saturated carbocycles. The highest BCUT2D eigenvalue weighted by Gasteiger charge is 2.36. The van der Waals surface area contributed by atoms with Gasteiger partial charge in [-0.05, 0) is 25.3 Å². The van der Waals surface area contributed by atoms with Gasteiger partial charge in [0.15, 0.2) is 5.65 Å². The van der Waals surface area contributed by atoms with Crippen LogP contribution in [0, 0.1) is 0 Å². The molecule has 1 aliphatic rings. The van der Waals surface area contributed by atoms with Crippen molar-refractivity contribution in [2.45, 2.75) is 38.3 Å². The van der Waals surface area contributed by atoms with Crippen molar-refractivity contribution in [3.8, 4) is 0 Å². The third kappa shape index (κ3) is 3.48. The molecule has 0 spiro atoms. The van der Waals surface area contributed by atoms with Crippen LogP contribution in [0.25, 0.3) is 5.65 Å². The maximum absolute atomic E-state index is 13.4. The van der Waals surface area contributed by atoms with Gasteiger partial charge in [0.05, 0.1) is 11.2 Å². The number of thiazole rings is 1. The summed E-state index contributed by atoms with van der Waals surface area (Å²) in [4.78, 5) is 22.5. The molecule has 1 fully saturated rings. The monoisotopic (exact) mass is 409 g/mol. The van der Waals surface area contributed by atoms with Gasteiger partial charge >= 0.3 is 6.18 Å². The molecule has 0 bridgehead atoms. The van der Waals surface area contributed by atoms with E-state index in [9.17, 15) is 18.0 Å². The third-order valence-electron chi connectivity index (χ3n) is 5.00. The molecular formula is C18H18F3N5OS. The van der Waals surface area contributed by atoms with Crippen LogP contribution in [-0.4, -0.2) is 43.5 Å². The summed E-state index contributed by atoms with van der Waals surface area (Å²) in [6, 6.07) is 2.69. The van der Waals surface area contributed by atoms with Gasteiger partial charge < -0.3 is 4.90 Å². The lowest BCUT2D eigenvalue weighted by Gasteiger charge is -2.30. The number of carbonyl (C=O) groups is 1. The van der Waals surface area contributed by atoms with Crippen molar-refractivity contribution in [3.63, 3.8) is 0 Å². The Bertz CT molecular complexity index is 991. The molecule has 0 N–H and O–H groups in total. The van der Waals surface area contributed by atoms with E-state index in [-0.39, 0.29) is 17.5 Å². The Balaban J connectivity index is 1.56. The zero-order valence-electron chi connectivity index (χ0n) is 15.1. The zero-order valence-corrected chi connectivity index (χ0v) is 15.9. The summed E-state index contributed by atoms with van der Waals surface area (Å²) in [5, 5.41) is 5.93. The van der Waals surface area contributed by atoms with Crippen molar-refractivity contribution in [2.75, 3.05) is 13.1 Å². The minimum atomic E-state index is -4.50. The van der Waals surface area contributed by atoms with Gasteiger partial charge in [-0.15, -0.1) is 11.3 Å². The lowest BCUT2D eigenvalue weighted by Crippen LogP contribution is -2.38. The minimum absolute atomic E-state index is 0.00709. The summed E-state index contributed by atoms with van der Waals surface area (Å²) in [5.41, 5.74) is 2.43. The van der Waals surface area contributed by atoms with Crippen molar-refractivity contribution in [2.24, 2.45) is 0 Å². The van der Waals surface area contributed by atoms with E-state index in [0.717, 1.165) is 10.6 Å². The number of hydrogen-bond acceptors (Lipinski definition) is 5. The predicted molar refractivity (Wildman–Crippen MR) is 97.4 cm³/mol. The Morgan fingerprint density at radius 3 is 2.64 bits per heavy atom. The molecule has 1 aliphatic heterocycles. The number of aryl methyl sites for hydroxylation is 1. The molecule has 1 amide bonds. The molecule has 4 rings (SSSR count). The fraction of sp³-hybridized carbons (Fsp3) is 0.444. The first-order valence-electron chi connectivity index (χ1n) is 9.01. The summed E-state index contributed by atoms with van der Waals surface area (Å²) >= 11 is 1.37. The van der Waals surface area contributed by atoms with E-state index in [4.69, 9.17) is 0 Å². The van der Waals surface area contributed by atoms with E-state index < -0.39 is 11.9 Å². The van der Waals surface area contributed by atoms with Crippen molar-refractivity contribution in [3.05, 3.63) is 45.8 Å². The Morgan fingerprint density at radius 2 is 2.04 bits per heavy atom. The van der Waals surface area contributed by atoms with Gasteiger partial charge in [-0.25, -0.2) is 14.5 Å². The first kappa shape index (κ1) is 18.9. The van der Waals surface area contributed by atoms with Crippen molar-refractivity contribution >= 4 is 22.9 Å². The molecule has 10 heteroatoms. The Morgan fingerprint density at radius 1 is 1.29 bits per heavy atom. The maximum atomic E-state index is 13.4. The Hall–Kier alpha value is -2.49. The van der Waals surface area contributed by atoms with E-state index in [1.807, 2.05) is 0 Å². The average molecular weight is 409 g/mol. The molecule has 148 valence electrons. The molecular weight excluding hydrogens is 391 g/mol. The first-order chi connectivity index (χ1) is 13.4. The lowest BCUT2D eigenvalue weighted by atomic mass is 9.93. The first-order valence-corrected chi connectivity index (χ1v) is 9.95. The number of hydrogen-bond donors (Lipinski definition) is 0. The number of aromatic nitrogens is 4. The molecule has 3 aromatic heterocycles. The highest BCUT2D eigenvalue weighted by atomic mass is 32.1. The zero-order chi connectivity index (χ0) is 19.9. The number of likely N-dealkylation sites (tertiary alicyclic amines) is 1. The van der Waals surface area contributed by atoms with E-state index in [1.165, 1.54) is 11.3 Å². The molecule has 6 nitrogen and oxygen atoms in total. The molecule has 4 heterocycles. The van der Waals surface area contributed by atoms with Crippen LogP contribution in [-0.2, 0) is 12.6 Å². The Kier molecular flexibility index (Phi) is 4.82. The molecule has 3 aromatic rings. The highest BCUT2D eigenvalue weighted by Crippen LogP contribution is 2.33. The summed E-state index contributed by atoms with van der Waals surface area (Å²) in [6.07, 6.45) is -2.81. The normalized spacial score (nSPS) is 16.1. The smallest absolute Gasteiger partial charge is 0.337 e. The van der Waals surface area contributed by atoms with Crippen LogP contribution in [0.3, 0.4) is 0 Å². The SMILES string of the molecule is CCc1cc(C(F)(F)F)n2nc(C3CCN(C(=O)c4cscn4)CC3)cc2n1. The standard InChI is InChI=1S/C18H18F3N5OS/c1-2-12-7-15(18(19,20)21)26-16(23-12)8-13(24-26)11-3-5-25(6-4-11)17(27)14-9-28-10-22-14/h7-11H,2-6H2,1H3. The summed E-state index contributed by atoms with van der Waals surface area (Å²) in [6.45, 7) is 2.81. The van der Waals surface area contributed by atoms with E-state index in [0.29, 0.717) is 49.4 Å². The number of nitrogens with zero attached hydrogens (tertiary/aromatic N) is 5. The molecule has 0 radical (unpaired) electrons. The second kappa shape index (κ2) is 7.16. The van der Waals surface area contributed by atoms with Crippen LogP contribution in [0.1, 0.15) is 53.3 Å². The van der Waals surface area contributed by atoms with Gasteiger partial charge in [-0.1, -0.05) is 6.92 Å². The highest BCUT2D eigenvalue weighted by molar-refractivity contribution is 7.07. The number of amides is 1. The van der Waals surface area contributed by atoms with Gasteiger partial charge in [0, 0.05) is 36.1 Å². The lowest BCUT2D eigenvalue weighted by molar-refractivity contribution is -0.142. The van der Waals surface area contributed by atoms with Crippen molar-refractivity contribution in [1.29, 1.82) is 0 Å². The van der Waals surface area contributed by atoms with E-state index >= 15 is 0 Å². The van der Waals surface area contributed by atoms with Crippen LogP contribution >= 0.6 is 11.3 Å². The predicted octanol–water partition coefficient (Wildman–Crippen LogP) is 3.79. The molecule has 28 heavy (non-hydrogen) atoms. The molecule has 0 aromatic carbocycles. The largest absolute Gasteiger partial charge is 0.433 e. The number of fused-ring (bicyclic) bond motifs is 1. The second-order valence-corrected chi connectivity index (χ2v) is 7.48. The van der Waals surface area contributed by atoms with E-state index in [2.05, 4.69) is 15.1 Å². The number of piperidine rings is 1. The van der Waals surface area contributed by atoms with E-state index in [1.54, 1.807) is 28.8 Å². The maximum Gasteiger partial charge on any atom is 0.433 e. The number of halogens is 3. The van der Waals surface area contributed by atoms with Crippen molar-refractivity contribution in [1.82, 2.24) is 24.5 Å². The van der Waals surface area contributed by atoms with Crippen LogP contribution < -0.4 is 0 Å². The van der Waals surface area contributed by atoms with Gasteiger partial charge in [0.1, 0.15) is 11.4 Å². The fourth-order valence-corrected chi connectivity index (χ4v) is 4.01. The summed E-state index contributed by atoms with van der Waals surface area (Å²) in [5.74, 6) is -0.115. The van der Waals surface area contributed by atoms with Gasteiger partial charge in [-0.3, -0.25) is 4.79 Å². The summed E-state index contributed by atoms with van der Waals surface area (Å²) in [7, 11) is 0. The number of rotatable bonds is 3. The van der Waals surface area contributed by atoms with Gasteiger partial charge in [-0.2, -0.15) is 18.3 Å². The van der Waals surface area contributed by atoms with Gasteiger partial charge in [0.25, 0.3) is 5.91 Å². The molecule has 0 unspecified atom stereocenters. The number of alkyl halides is 3. The number of carbonyl (C=O) groups excluding carboxylic acids is 1. The second-order valence-electron chi connectivity index (χ2n) is 6.76. The third-order valence-corrected chi connectivity index (χ3v) is 5.59. The molecule has 0 aliphatic carbocycles. The fourth-order valence-electron chi connectivity index (χ4n) is 3.49.